The molecule has 0 radical (unpaired) electrons. The second-order valence-electron chi connectivity index (χ2n) is 2.84. The monoisotopic (exact) mass is 246 g/mol. The molecule has 0 spiro atoms. The largest absolute Gasteiger partial charge is 0.369 e. The van der Waals surface area contributed by atoms with Crippen molar-refractivity contribution in [3.8, 4) is 0 Å². The first-order chi connectivity index (χ1) is 7.04. The summed E-state index contributed by atoms with van der Waals surface area (Å²) in [6.45, 7) is 0. The molecule has 1 aromatic heterocycles. The van der Waals surface area contributed by atoms with Crippen LogP contribution in [0.3, 0.4) is 0 Å². The maximum absolute atomic E-state index is 10.5. The average Bonchev–Trinajstić information content (AvgIpc) is 2.14. The van der Waals surface area contributed by atoms with Gasteiger partial charge in [0.1, 0.15) is 10.3 Å². The third-order valence-corrected chi connectivity index (χ3v) is 1.94. The lowest BCUT2D eigenvalue weighted by Gasteiger charge is -2.02. The van der Waals surface area contributed by atoms with Gasteiger partial charge in [-0.1, -0.05) is 23.2 Å². The van der Waals surface area contributed by atoms with Crippen LogP contribution >= 0.6 is 23.2 Å². The zero-order valence-corrected chi connectivity index (χ0v) is 9.62. The number of aromatic nitrogens is 2. The zero-order valence-electron chi connectivity index (χ0n) is 8.11. The van der Waals surface area contributed by atoms with Crippen LogP contribution in [0.4, 0.5) is 5.95 Å². The fraction of sp³-hybridized carbons (Fsp3) is 0.250. The van der Waals surface area contributed by atoms with E-state index in [4.69, 9.17) is 23.2 Å². The SMILES string of the molecule is CN(C)C=Nc1nc(Cl)c(C=O)c(Cl)n1. The van der Waals surface area contributed by atoms with E-state index >= 15 is 0 Å². The van der Waals surface area contributed by atoms with Crippen molar-refractivity contribution >= 4 is 41.8 Å². The van der Waals surface area contributed by atoms with Crippen LogP contribution in [-0.4, -0.2) is 41.6 Å². The summed E-state index contributed by atoms with van der Waals surface area (Å²) in [5, 5.41) is -0.00758. The lowest BCUT2D eigenvalue weighted by Crippen LogP contribution is -2.07. The van der Waals surface area contributed by atoms with Gasteiger partial charge in [-0.05, 0) is 0 Å². The molecule has 0 bridgehead atoms. The maximum Gasteiger partial charge on any atom is 0.253 e. The van der Waals surface area contributed by atoms with Gasteiger partial charge in [-0.15, -0.1) is 0 Å². The summed E-state index contributed by atoms with van der Waals surface area (Å²) in [5.41, 5.74) is 0.0714. The van der Waals surface area contributed by atoms with Crippen molar-refractivity contribution < 1.29 is 4.79 Å². The molecule has 15 heavy (non-hydrogen) atoms. The minimum atomic E-state index is -0.00379. The van der Waals surface area contributed by atoms with E-state index in [1.807, 2.05) is 0 Å². The molecule has 0 atom stereocenters. The molecule has 0 fully saturated rings. The number of aliphatic imine (C=N–C) groups is 1. The van der Waals surface area contributed by atoms with Gasteiger partial charge in [-0.2, -0.15) is 9.97 Å². The molecule has 0 aromatic carbocycles. The van der Waals surface area contributed by atoms with Gasteiger partial charge >= 0.3 is 0 Å². The number of hydrogen-bond acceptors (Lipinski definition) is 4. The van der Waals surface area contributed by atoms with E-state index in [1.165, 1.54) is 6.34 Å². The molecule has 7 heteroatoms. The van der Waals surface area contributed by atoms with Crippen LogP contribution in [0.1, 0.15) is 10.4 Å². The van der Waals surface area contributed by atoms with E-state index in [0.717, 1.165) is 0 Å². The Morgan fingerprint density at radius 3 is 2.20 bits per heavy atom. The number of nitrogens with zero attached hydrogens (tertiary/aromatic N) is 4. The van der Waals surface area contributed by atoms with E-state index < -0.39 is 0 Å². The highest BCUT2D eigenvalue weighted by Crippen LogP contribution is 2.21. The van der Waals surface area contributed by atoms with Crippen molar-refractivity contribution in [2.75, 3.05) is 14.1 Å². The van der Waals surface area contributed by atoms with E-state index in [9.17, 15) is 4.79 Å². The van der Waals surface area contributed by atoms with Crippen molar-refractivity contribution in [3.05, 3.63) is 15.9 Å². The molecule has 0 N–H and O–H groups in total. The van der Waals surface area contributed by atoms with E-state index in [1.54, 1.807) is 19.0 Å². The molecule has 0 saturated heterocycles. The Kier molecular flexibility index (Phi) is 3.99. The van der Waals surface area contributed by atoms with Crippen molar-refractivity contribution in [2.45, 2.75) is 0 Å². The summed E-state index contributed by atoms with van der Waals surface area (Å²) in [7, 11) is 3.60. The summed E-state index contributed by atoms with van der Waals surface area (Å²) in [6, 6.07) is 0. The summed E-state index contributed by atoms with van der Waals surface area (Å²) >= 11 is 11.4. The highest BCUT2D eigenvalue weighted by Gasteiger charge is 2.09. The van der Waals surface area contributed by atoms with Crippen LogP contribution in [0.15, 0.2) is 4.99 Å². The second-order valence-corrected chi connectivity index (χ2v) is 3.56. The van der Waals surface area contributed by atoms with Crippen molar-refractivity contribution in [1.29, 1.82) is 0 Å². The zero-order chi connectivity index (χ0) is 11.4. The van der Waals surface area contributed by atoms with Gasteiger partial charge in [-0.3, -0.25) is 4.79 Å². The Bertz CT molecular complexity index is 383. The van der Waals surface area contributed by atoms with E-state index in [0.29, 0.717) is 6.29 Å². The Morgan fingerprint density at radius 2 is 1.80 bits per heavy atom. The Hall–Kier alpha value is -1.20. The van der Waals surface area contributed by atoms with Crippen molar-refractivity contribution in [3.63, 3.8) is 0 Å². The molecular weight excluding hydrogens is 239 g/mol. The topological polar surface area (TPSA) is 58.5 Å². The fourth-order valence-corrected chi connectivity index (χ4v) is 1.20. The Labute approximate surface area is 96.8 Å². The first-order valence-electron chi connectivity index (χ1n) is 3.93. The van der Waals surface area contributed by atoms with Crippen molar-refractivity contribution in [1.82, 2.24) is 14.9 Å². The van der Waals surface area contributed by atoms with Gasteiger partial charge in [0.2, 0.25) is 0 Å². The van der Waals surface area contributed by atoms with Crippen molar-refractivity contribution in [2.24, 2.45) is 4.99 Å². The second kappa shape index (κ2) is 5.04. The van der Waals surface area contributed by atoms with Gasteiger partial charge in [0.25, 0.3) is 5.95 Å². The summed E-state index contributed by atoms with van der Waals surface area (Å²) in [4.78, 5) is 23.7. The van der Waals surface area contributed by atoms with Crippen LogP contribution in [0.25, 0.3) is 0 Å². The predicted octanol–water partition coefficient (Wildman–Crippen LogP) is 1.82. The van der Waals surface area contributed by atoms with Gasteiger partial charge in [0.15, 0.2) is 6.29 Å². The molecule has 0 unspecified atom stereocenters. The normalized spacial score (nSPS) is 10.7. The molecule has 80 valence electrons. The Balaban J connectivity index is 3.09. The standard InChI is InChI=1S/C8H8Cl2N4O/c1-14(2)4-11-8-12-6(9)5(3-15)7(10)13-8/h3-4H,1-2H3. The first-order valence-corrected chi connectivity index (χ1v) is 4.69. The van der Waals surface area contributed by atoms with Crippen LogP contribution in [0.2, 0.25) is 10.3 Å². The quantitative estimate of drug-likeness (QED) is 0.354. The maximum atomic E-state index is 10.5. The number of aldehydes is 1. The summed E-state index contributed by atoms with van der Waals surface area (Å²) in [5.74, 6) is 0.115. The van der Waals surface area contributed by atoms with Gasteiger partial charge in [0, 0.05) is 14.1 Å². The summed E-state index contributed by atoms with van der Waals surface area (Å²) < 4.78 is 0. The molecule has 0 aliphatic rings. The molecular formula is C8H8Cl2N4O. The third kappa shape index (κ3) is 3.14. The molecule has 0 amide bonds. The lowest BCUT2D eigenvalue weighted by atomic mass is 10.4. The molecule has 0 saturated carbocycles. The molecule has 0 aliphatic carbocycles. The number of hydrogen-bond donors (Lipinski definition) is 0. The van der Waals surface area contributed by atoms with E-state index in [-0.39, 0.29) is 21.8 Å². The fourth-order valence-electron chi connectivity index (χ4n) is 0.728. The Morgan fingerprint density at radius 1 is 1.27 bits per heavy atom. The minimum Gasteiger partial charge on any atom is -0.369 e. The van der Waals surface area contributed by atoms with E-state index in [2.05, 4.69) is 15.0 Å². The van der Waals surface area contributed by atoms with Crippen LogP contribution in [0, 0.1) is 0 Å². The molecule has 5 nitrogen and oxygen atoms in total. The predicted molar refractivity (Wildman–Crippen MR) is 59.3 cm³/mol. The smallest absolute Gasteiger partial charge is 0.253 e. The molecule has 1 rings (SSSR count). The molecule has 1 heterocycles. The number of rotatable bonds is 3. The van der Waals surface area contributed by atoms with Gasteiger partial charge in [-0.25, -0.2) is 4.99 Å². The lowest BCUT2D eigenvalue weighted by molar-refractivity contribution is 0.112. The summed E-state index contributed by atoms with van der Waals surface area (Å²) in [6.07, 6.45) is 2.01. The number of halogens is 2. The number of carbonyl (C=O) groups excluding carboxylic acids is 1. The number of carbonyl (C=O) groups is 1. The minimum absolute atomic E-state index is 0.00379. The van der Waals surface area contributed by atoms with Crippen LogP contribution in [-0.2, 0) is 0 Å². The highest BCUT2D eigenvalue weighted by molar-refractivity contribution is 6.37. The average molecular weight is 247 g/mol. The molecule has 1 aromatic rings. The van der Waals surface area contributed by atoms with Gasteiger partial charge < -0.3 is 4.90 Å². The van der Waals surface area contributed by atoms with Crippen LogP contribution < -0.4 is 0 Å². The van der Waals surface area contributed by atoms with Crippen LogP contribution in [0.5, 0.6) is 0 Å². The molecule has 0 aliphatic heterocycles. The highest BCUT2D eigenvalue weighted by atomic mass is 35.5. The van der Waals surface area contributed by atoms with Gasteiger partial charge in [0.05, 0.1) is 11.9 Å². The first kappa shape index (κ1) is 11.9. The third-order valence-electron chi connectivity index (χ3n) is 1.36.